The summed E-state index contributed by atoms with van der Waals surface area (Å²) in [5.74, 6) is -3.02. The van der Waals surface area contributed by atoms with Crippen LogP contribution in [0.1, 0.15) is 33.4 Å². The van der Waals surface area contributed by atoms with E-state index < -0.39 is 56.9 Å². The third kappa shape index (κ3) is 5.75. The molecule has 0 spiro atoms. The van der Waals surface area contributed by atoms with Gasteiger partial charge in [-0.2, -0.15) is 0 Å². The van der Waals surface area contributed by atoms with E-state index in [1.807, 2.05) is 0 Å². The Morgan fingerprint density at radius 3 is 1.30 bits per heavy atom. The number of benzene rings is 4. The van der Waals surface area contributed by atoms with Gasteiger partial charge in [-0.25, -0.2) is 8.78 Å². The number of methoxy groups -OCH3 is 4. The number of oxime groups is 2. The molecule has 0 radical (unpaired) electrons. The third-order valence-corrected chi connectivity index (χ3v) is 9.34. The van der Waals surface area contributed by atoms with Gasteiger partial charge in [-0.15, -0.1) is 0 Å². The summed E-state index contributed by atoms with van der Waals surface area (Å²) in [6.45, 7) is 0. The predicted octanol–water partition coefficient (Wildman–Crippen LogP) is 5.21. The predicted molar refractivity (Wildman–Crippen MR) is 182 cm³/mol. The van der Waals surface area contributed by atoms with E-state index in [0.29, 0.717) is 56.4 Å². The van der Waals surface area contributed by atoms with Gasteiger partial charge in [0.15, 0.2) is 45.5 Å². The second-order valence-electron chi connectivity index (χ2n) is 12.1. The maximum atomic E-state index is 13.4. The highest BCUT2D eigenvalue weighted by Gasteiger charge is 2.57. The molecule has 0 fully saturated rings. The van der Waals surface area contributed by atoms with Gasteiger partial charge in [0.05, 0.1) is 28.4 Å². The minimum absolute atomic E-state index is 0.155. The summed E-state index contributed by atoms with van der Waals surface area (Å²) in [6.07, 6.45) is -1.62. The highest BCUT2D eigenvalue weighted by atomic mass is 19.1. The molecule has 8 rings (SSSR count). The number of halogens is 2. The van der Waals surface area contributed by atoms with Gasteiger partial charge in [0.2, 0.25) is 0 Å². The molecule has 4 aliphatic rings. The molecule has 16 nitrogen and oxygen atoms in total. The van der Waals surface area contributed by atoms with Crippen molar-refractivity contribution in [1.82, 2.24) is 0 Å². The summed E-state index contributed by atoms with van der Waals surface area (Å²) in [6, 6.07) is 17.8. The van der Waals surface area contributed by atoms with Crippen molar-refractivity contribution in [3.05, 3.63) is 138 Å². The first-order valence-corrected chi connectivity index (χ1v) is 16.2. The van der Waals surface area contributed by atoms with E-state index in [1.54, 1.807) is 24.3 Å². The van der Waals surface area contributed by atoms with Crippen molar-refractivity contribution in [2.75, 3.05) is 28.4 Å². The summed E-state index contributed by atoms with van der Waals surface area (Å²) < 4.78 is 60.5. The Bertz CT molecular complexity index is 2050. The topological polar surface area (TPSA) is 185 Å². The van der Waals surface area contributed by atoms with Gasteiger partial charge >= 0.3 is 23.2 Å². The number of ether oxygens (including phenoxy) is 6. The van der Waals surface area contributed by atoms with Crippen LogP contribution >= 0.6 is 0 Å². The van der Waals surface area contributed by atoms with Gasteiger partial charge in [-0.1, -0.05) is 0 Å². The third-order valence-electron chi connectivity index (χ3n) is 9.34. The molecule has 280 valence electrons. The molecule has 0 aromatic heterocycles. The van der Waals surface area contributed by atoms with Crippen molar-refractivity contribution in [2.45, 2.75) is 36.6 Å². The first-order chi connectivity index (χ1) is 26.0. The van der Waals surface area contributed by atoms with Crippen LogP contribution < -0.4 is 18.9 Å². The molecule has 4 bridgehead atoms. The smallest absolute Gasteiger partial charge is 0.414 e. The van der Waals surface area contributed by atoms with E-state index in [-0.39, 0.29) is 12.8 Å². The molecule has 4 aromatic rings. The normalized spacial score (nSPS) is 22.9. The molecule has 0 unspecified atom stereocenters. The summed E-state index contributed by atoms with van der Waals surface area (Å²) >= 11 is 0. The second-order valence-corrected chi connectivity index (χ2v) is 12.1. The fourth-order valence-electron chi connectivity index (χ4n) is 6.95. The molecule has 18 heteroatoms. The van der Waals surface area contributed by atoms with Crippen molar-refractivity contribution >= 4 is 11.7 Å². The van der Waals surface area contributed by atoms with Gasteiger partial charge in [0.1, 0.15) is 11.6 Å². The van der Waals surface area contributed by atoms with Crippen LogP contribution in [-0.4, -0.2) is 62.2 Å². The van der Waals surface area contributed by atoms with Crippen molar-refractivity contribution in [2.24, 2.45) is 10.3 Å². The Morgan fingerprint density at radius 2 is 0.981 bits per heavy atom. The Morgan fingerprint density at radius 1 is 0.611 bits per heavy atom. The number of hydrogen-bond acceptors (Lipinski definition) is 14. The fourth-order valence-corrected chi connectivity index (χ4v) is 6.95. The first-order valence-electron chi connectivity index (χ1n) is 16.2. The number of nitrogens with zero attached hydrogens (tertiary/aromatic N) is 4. The molecule has 54 heavy (non-hydrogen) atoms. The zero-order valence-corrected chi connectivity index (χ0v) is 28.9. The van der Waals surface area contributed by atoms with E-state index in [2.05, 4.69) is 10.3 Å². The Labute approximate surface area is 304 Å². The maximum Gasteiger partial charge on any atom is 0.414 e. The lowest BCUT2D eigenvalue weighted by Crippen LogP contribution is -2.51. The van der Waals surface area contributed by atoms with E-state index in [1.165, 1.54) is 77.0 Å². The molecule has 4 heterocycles. The van der Waals surface area contributed by atoms with Gasteiger partial charge in [-0.05, 0) is 82.6 Å². The maximum absolute atomic E-state index is 13.4. The Balaban J connectivity index is 0.000000167. The quantitative estimate of drug-likeness (QED) is 0.186. The molecule has 4 atom stereocenters. The first kappa shape index (κ1) is 36.0. The highest BCUT2D eigenvalue weighted by molar-refractivity contribution is 5.81. The van der Waals surface area contributed by atoms with Crippen molar-refractivity contribution in [3.63, 3.8) is 0 Å². The van der Waals surface area contributed by atoms with Crippen LogP contribution in [0.4, 0.5) is 8.78 Å². The number of hydrogen-bond donors (Lipinski definition) is 0. The van der Waals surface area contributed by atoms with Crippen molar-refractivity contribution in [1.29, 1.82) is 0 Å². The summed E-state index contributed by atoms with van der Waals surface area (Å²) in [5.41, 5.74) is 3.32. The highest BCUT2D eigenvalue weighted by Crippen LogP contribution is 2.51. The molecular formula is C36H30F2N4O12. The van der Waals surface area contributed by atoms with Crippen LogP contribution in [0.15, 0.2) is 83.1 Å². The van der Waals surface area contributed by atoms with Gasteiger partial charge in [0, 0.05) is 46.2 Å². The van der Waals surface area contributed by atoms with E-state index in [4.69, 9.17) is 38.1 Å². The van der Waals surface area contributed by atoms with E-state index in [0.717, 1.165) is 0 Å². The Kier molecular flexibility index (Phi) is 9.24. The average molecular weight is 749 g/mol. The molecule has 0 aliphatic carbocycles. The SMILES string of the molecule is COc1ccc2c(c1OC)C[C@@H]1O[C@@]2(c2ccc(F)cc2)ON=C1[N+](=O)[O-].COc1ccc2c(c1OC)C[C@H]1O[C@]2(c2ccc(F)cc2)ON=C1[N+](=O)[O-]. The van der Waals surface area contributed by atoms with Crippen LogP contribution in [0.5, 0.6) is 23.0 Å². The van der Waals surface area contributed by atoms with Crippen molar-refractivity contribution in [3.8, 4) is 23.0 Å². The molecule has 0 saturated carbocycles. The monoisotopic (exact) mass is 748 g/mol. The number of nitro groups is 2. The van der Waals surface area contributed by atoms with Crippen LogP contribution in [0, 0.1) is 31.9 Å². The zero-order valence-electron chi connectivity index (χ0n) is 28.9. The van der Waals surface area contributed by atoms with Crippen molar-refractivity contribution < 1.29 is 56.7 Å². The molecular weight excluding hydrogens is 718 g/mol. The number of fused-ring (bicyclic) bond motifs is 8. The molecule has 4 aromatic carbocycles. The number of amidine groups is 2. The van der Waals surface area contributed by atoms with Gasteiger partial charge in [0.25, 0.3) is 0 Å². The lowest BCUT2D eigenvalue weighted by molar-refractivity contribution is -0.383. The second kappa shape index (κ2) is 13.9. The van der Waals surface area contributed by atoms with E-state index in [9.17, 15) is 29.0 Å². The average Bonchev–Trinajstić information content (AvgIpc) is 3.17. The fraction of sp³-hybridized carbons (Fsp3) is 0.278. The van der Waals surface area contributed by atoms with Gasteiger partial charge < -0.3 is 48.6 Å². The summed E-state index contributed by atoms with van der Waals surface area (Å²) in [7, 11) is 5.97. The number of rotatable bonds is 6. The summed E-state index contributed by atoms with van der Waals surface area (Å²) in [4.78, 5) is 32.5. The molecule has 0 saturated heterocycles. The molecule has 4 aliphatic heterocycles. The largest absolute Gasteiger partial charge is 0.493 e. The standard InChI is InChI=1S/2C18H15FN2O6/c2*1-24-14-8-7-13-12(16(14)25-2)9-15-17(21(22)23)20-27-18(13,26-15)10-3-5-11(19)6-4-10/h2*3-8,15H,9H2,1-2H3/t2*15-,18-/m10/s1. The van der Waals surface area contributed by atoms with Crippen LogP contribution in [0.25, 0.3) is 0 Å². The zero-order chi connectivity index (χ0) is 38.4. The minimum atomic E-state index is -1.55. The lowest BCUT2D eigenvalue weighted by Gasteiger charge is -2.40. The Hall–Kier alpha value is -6.40. The van der Waals surface area contributed by atoms with E-state index >= 15 is 0 Å². The lowest BCUT2D eigenvalue weighted by atomic mass is 9.86. The molecule has 0 amide bonds. The van der Waals surface area contributed by atoms with Gasteiger partial charge in [-0.3, -0.25) is 9.68 Å². The molecule has 0 N–H and O–H groups in total. The van der Waals surface area contributed by atoms with Crippen LogP contribution in [0.3, 0.4) is 0 Å². The minimum Gasteiger partial charge on any atom is -0.493 e. The van der Waals surface area contributed by atoms with Crippen LogP contribution in [0.2, 0.25) is 0 Å². The van der Waals surface area contributed by atoms with Crippen LogP contribution in [-0.2, 0) is 43.6 Å². The summed E-state index contributed by atoms with van der Waals surface area (Å²) in [5, 5.41) is 30.1.